The summed E-state index contributed by atoms with van der Waals surface area (Å²) in [6.45, 7) is 4.24. The van der Waals surface area contributed by atoms with Crippen LogP contribution in [-0.2, 0) is 6.54 Å². The Labute approximate surface area is 134 Å². The van der Waals surface area contributed by atoms with E-state index in [0.717, 1.165) is 33.9 Å². The molecule has 1 aromatic carbocycles. The third kappa shape index (κ3) is 3.04. The third-order valence-electron chi connectivity index (χ3n) is 3.79. The van der Waals surface area contributed by atoms with Crippen molar-refractivity contribution in [1.82, 2.24) is 9.72 Å². The summed E-state index contributed by atoms with van der Waals surface area (Å²) in [4.78, 5) is 12.2. The first kappa shape index (κ1) is 15.1. The van der Waals surface area contributed by atoms with Crippen molar-refractivity contribution in [1.29, 1.82) is 0 Å². The monoisotopic (exact) mass is 310 g/mol. The molecule has 2 aromatic heterocycles. The zero-order valence-corrected chi connectivity index (χ0v) is 13.4. The van der Waals surface area contributed by atoms with Crippen LogP contribution < -0.4 is 10.3 Å². The van der Waals surface area contributed by atoms with Gasteiger partial charge in [-0.1, -0.05) is 17.3 Å². The second-order valence-corrected chi connectivity index (χ2v) is 5.43. The van der Waals surface area contributed by atoms with Gasteiger partial charge in [0, 0.05) is 23.4 Å². The molecular weight excluding hydrogens is 292 g/mol. The number of nitrogens with zero attached hydrogens (tertiary/aromatic N) is 2. The van der Waals surface area contributed by atoms with Gasteiger partial charge in [-0.15, -0.1) is 0 Å². The number of rotatable bonds is 4. The highest BCUT2D eigenvalue weighted by Crippen LogP contribution is 2.25. The van der Waals surface area contributed by atoms with Gasteiger partial charge in [-0.25, -0.2) is 0 Å². The van der Waals surface area contributed by atoms with Gasteiger partial charge in [-0.2, -0.15) is 0 Å². The number of benzene rings is 1. The standard InChI is InChI=1S/C18H18N2O3/c1-12-18(13(2)23-19-12)15-7-8-17(21)20(11-15)10-14-5-4-6-16(9-14)22-3/h4-9,11H,10H2,1-3H3. The molecule has 0 saturated heterocycles. The average Bonchev–Trinajstić information content (AvgIpc) is 2.89. The van der Waals surface area contributed by atoms with Gasteiger partial charge in [0.25, 0.3) is 5.56 Å². The van der Waals surface area contributed by atoms with Gasteiger partial charge in [-0.05, 0) is 37.6 Å². The number of methoxy groups -OCH3 is 1. The number of aromatic nitrogens is 2. The molecule has 0 aliphatic rings. The minimum Gasteiger partial charge on any atom is -0.497 e. The van der Waals surface area contributed by atoms with Crippen LogP contribution in [0.25, 0.3) is 11.1 Å². The molecule has 118 valence electrons. The summed E-state index contributed by atoms with van der Waals surface area (Å²) in [7, 11) is 1.63. The fourth-order valence-corrected chi connectivity index (χ4v) is 2.67. The van der Waals surface area contributed by atoms with E-state index < -0.39 is 0 Å². The predicted molar refractivity (Wildman–Crippen MR) is 87.8 cm³/mol. The third-order valence-corrected chi connectivity index (χ3v) is 3.79. The molecule has 0 saturated carbocycles. The highest BCUT2D eigenvalue weighted by Gasteiger charge is 2.12. The van der Waals surface area contributed by atoms with Gasteiger partial charge in [0.05, 0.1) is 19.3 Å². The quantitative estimate of drug-likeness (QED) is 0.742. The van der Waals surface area contributed by atoms with Crippen LogP contribution >= 0.6 is 0 Å². The SMILES string of the molecule is COc1cccc(Cn2cc(-c3c(C)noc3C)ccc2=O)c1. The topological polar surface area (TPSA) is 57.3 Å². The molecule has 0 spiro atoms. The van der Waals surface area contributed by atoms with E-state index in [1.165, 1.54) is 0 Å². The molecule has 0 N–H and O–H groups in total. The normalized spacial score (nSPS) is 10.7. The lowest BCUT2D eigenvalue weighted by Crippen LogP contribution is -2.19. The summed E-state index contributed by atoms with van der Waals surface area (Å²) >= 11 is 0. The molecule has 2 heterocycles. The summed E-state index contributed by atoms with van der Waals surface area (Å²) in [6, 6.07) is 11.1. The average molecular weight is 310 g/mol. The first-order chi connectivity index (χ1) is 11.1. The molecule has 0 bridgehead atoms. The molecule has 3 rings (SSSR count). The molecule has 0 aliphatic carbocycles. The van der Waals surface area contributed by atoms with Gasteiger partial charge in [0.2, 0.25) is 0 Å². The fraction of sp³-hybridized carbons (Fsp3) is 0.222. The summed E-state index contributed by atoms with van der Waals surface area (Å²) in [5.74, 6) is 1.52. The van der Waals surface area contributed by atoms with Crippen LogP contribution in [0.3, 0.4) is 0 Å². The molecule has 23 heavy (non-hydrogen) atoms. The second-order valence-electron chi connectivity index (χ2n) is 5.43. The lowest BCUT2D eigenvalue weighted by molar-refractivity contribution is 0.393. The fourth-order valence-electron chi connectivity index (χ4n) is 2.67. The van der Waals surface area contributed by atoms with Crippen molar-refractivity contribution >= 4 is 0 Å². The Bertz CT molecular complexity index is 874. The number of hydrogen-bond acceptors (Lipinski definition) is 4. The van der Waals surface area contributed by atoms with Crippen molar-refractivity contribution in [3.63, 3.8) is 0 Å². The van der Waals surface area contributed by atoms with Crippen molar-refractivity contribution in [3.8, 4) is 16.9 Å². The van der Waals surface area contributed by atoms with Gasteiger partial charge in [0.15, 0.2) is 0 Å². The van der Waals surface area contributed by atoms with E-state index in [-0.39, 0.29) is 5.56 Å². The smallest absolute Gasteiger partial charge is 0.250 e. The molecule has 0 amide bonds. The Hall–Kier alpha value is -2.82. The maximum absolute atomic E-state index is 12.2. The van der Waals surface area contributed by atoms with Crippen molar-refractivity contribution in [2.45, 2.75) is 20.4 Å². The van der Waals surface area contributed by atoms with Gasteiger partial charge in [0.1, 0.15) is 11.5 Å². The van der Waals surface area contributed by atoms with E-state index in [4.69, 9.17) is 9.26 Å². The molecule has 0 radical (unpaired) electrons. The second kappa shape index (κ2) is 6.12. The highest BCUT2D eigenvalue weighted by molar-refractivity contribution is 5.66. The number of ether oxygens (including phenoxy) is 1. The van der Waals surface area contributed by atoms with Crippen LogP contribution in [0, 0.1) is 13.8 Å². The van der Waals surface area contributed by atoms with Gasteiger partial charge < -0.3 is 13.8 Å². The molecule has 0 unspecified atom stereocenters. The summed E-state index contributed by atoms with van der Waals surface area (Å²) in [5, 5.41) is 3.97. The maximum atomic E-state index is 12.2. The Balaban J connectivity index is 2.00. The summed E-state index contributed by atoms with van der Waals surface area (Å²) in [5.41, 5.74) is 3.62. The Morgan fingerprint density at radius 1 is 1.22 bits per heavy atom. The largest absolute Gasteiger partial charge is 0.497 e. The predicted octanol–water partition coefficient (Wildman–Crippen LogP) is 3.18. The molecule has 5 heteroatoms. The number of aryl methyl sites for hydroxylation is 2. The lowest BCUT2D eigenvalue weighted by atomic mass is 10.1. The Morgan fingerprint density at radius 3 is 2.74 bits per heavy atom. The Morgan fingerprint density at radius 2 is 2.04 bits per heavy atom. The highest BCUT2D eigenvalue weighted by atomic mass is 16.5. The van der Waals surface area contributed by atoms with Crippen molar-refractivity contribution in [2.75, 3.05) is 7.11 Å². The van der Waals surface area contributed by atoms with E-state index >= 15 is 0 Å². The Kier molecular flexibility index (Phi) is 4.02. The minimum absolute atomic E-state index is 0.0525. The zero-order chi connectivity index (χ0) is 16.4. The molecule has 0 aliphatic heterocycles. The first-order valence-electron chi connectivity index (χ1n) is 7.35. The van der Waals surface area contributed by atoms with Crippen LogP contribution in [-0.4, -0.2) is 16.8 Å². The first-order valence-corrected chi connectivity index (χ1v) is 7.35. The van der Waals surface area contributed by atoms with Crippen LogP contribution in [0.1, 0.15) is 17.0 Å². The maximum Gasteiger partial charge on any atom is 0.250 e. The van der Waals surface area contributed by atoms with Crippen molar-refractivity contribution < 1.29 is 9.26 Å². The molecule has 0 atom stereocenters. The van der Waals surface area contributed by atoms with Crippen molar-refractivity contribution in [2.24, 2.45) is 0 Å². The van der Waals surface area contributed by atoms with Crippen LogP contribution in [0.4, 0.5) is 0 Å². The molecule has 5 nitrogen and oxygen atoms in total. The van der Waals surface area contributed by atoms with Gasteiger partial charge >= 0.3 is 0 Å². The number of hydrogen-bond donors (Lipinski definition) is 0. The van der Waals surface area contributed by atoms with Gasteiger partial charge in [-0.3, -0.25) is 4.79 Å². The van der Waals surface area contributed by atoms with E-state index in [1.807, 2.05) is 44.3 Å². The van der Waals surface area contributed by atoms with Crippen LogP contribution in [0.15, 0.2) is 51.9 Å². The van der Waals surface area contributed by atoms with E-state index in [1.54, 1.807) is 23.8 Å². The van der Waals surface area contributed by atoms with E-state index in [2.05, 4.69) is 5.16 Å². The zero-order valence-electron chi connectivity index (χ0n) is 13.4. The van der Waals surface area contributed by atoms with Crippen molar-refractivity contribution in [3.05, 3.63) is 70.0 Å². The summed E-state index contributed by atoms with van der Waals surface area (Å²) < 4.78 is 12.1. The van der Waals surface area contributed by atoms with Crippen LogP contribution in [0.2, 0.25) is 0 Å². The van der Waals surface area contributed by atoms with E-state index in [0.29, 0.717) is 6.54 Å². The lowest BCUT2D eigenvalue weighted by Gasteiger charge is -2.09. The minimum atomic E-state index is -0.0525. The molecule has 0 fully saturated rings. The summed E-state index contributed by atoms with van der Waals surface area (Å²) in [6.07, 6.45) is 1.84. The van der Waals surface area contributed by atoms with Crippen LogP contribution in [0.5, 0.6) is 5.75 Å². The number of pyridine rings is 1. The molecule has 3 aromatic rings. The molecular formula is C18H18N2O3. The van der Waals surface area contributed by atoms with E-state index in [9.17, 15) is 4.79 Å².